The lowest BCUT2D eigenvalue weighted by molar-refractivity contribution is -0.135. The maximum atomic E-state index is 11.2. The summed E-state index contributed by atoms with van der Waals surface area (Å²) in [6, 6.07) is 0. The summed E-state index contributed by atoms with van der Waals surface area (Å²) in [6.07, 6.45) is 1.96. The van der Waals surface area contributed by atoms with Gasteiger partial charge in [0.2, 0.25) is 0 Å². The molecule has 1 fully saturated rings. The van der Waals surface area contributed by atoms with Gasteiger partial charge in [-0.3, -0.25) is 4.79 Å². The molecular formula is C7H13NO4S. The van der Waals surface area contributed by atoms with Crippen molar-refractivity contribution in [1.29, 1.82) is 0 Å². The summed E-state index contributed by atoms with van der Waals surface area (Å²) in [5, 5.41) is 8.68. The van der Waals surface area contributed by atoms with Crippen LogP contribution in [0.1, 0.15) is 19.3 Å². The van der Waals surface area contributed by atoms with E-state index in [1.54, 1.807) is 0 Å². The lowest BCUT2D eigenvalue weighted by Crippen LogP contribution is -2.52. The quantitative estimate of drug-likeness (QED) is 0.594. The van der Waals surface area contributed by atoms with Crippen LogP contribution in [-0.4, -0.2) is 36.5 Å². The Morgan fingerprint density at radius 2 is 2.15 bits per heavy atom. The predicted octanol–water partition coefficient (Wildman–Crippen LogP) is -1.20. The van der Waals surface area contributed by atoms with Crippen LogP contribution >= 0.6 is 0 Å². The first kappa shape index (κ1) is 10.5. The van der Waals surface area contributed by atoms with Crippen molar-refractivity contribution >= 4 is 15.7 Å². The zero-order valence-electron chi connectivity index (χ0n) is 7.36. The number of sulfone groups is 1. The fourth-order valence-electron chi connectivity index (χ4n) is 1.81. The second-order valence-electron chi connectivity index (χ2n) is 3.50. The van der Waals surface area contributed by atoms with E-state index in [-0.39, 0.29) is 6.42 Å². The Bertz CT molecular complexity index is 323. The minimum Gasteiger partial charge on any atom is -0.379 e. The number of carbonyl (C=O) groups excluding carboxylic acids is 1. The van der Waals surface area contributed by atoms with E-state index in [2.05, 4.69) is 0 Å². The average molecular weight is 207 g/mol. The van der Waals surface area contributed by atoms with Crippen molar-refractivity contribution in [3.8, 4) is 0 Å². The van der Waals surface area contributed by atoms with Gasteiger partial charge in [0.1, 0.15) is 0 Å². The van der Waals surface area contributed by atoms with Gasteiger partial charge in [0.15, 0.2) is 15.4 Å². The summed E-state index contributed by atoms with van der Waals surface area (Å²) in [5.74, 6) is -0.944. The van der Waals surface area contributed by atoms with Crippen LogP contribution in [0.15, 0.2) is 0 Å². The van der Waals surface area contributed by atoms with Crippen LogP contribution in [0, 0.1) is 0 Å². The van der Waals surface area contributed by atoms with Crippen LogP contribution < -0.4 is 5.73 Å². The smallest absolute Gasteiger partial charge is 0.250 e. The Kier molecular flexibility index (Phi) is 2.38. The van der Waals surface area contributed by atoms with Gasteiger partial charge in [-0.25, -0.2) is 8.42 Å². The topological polar surface area (TPSA) is 97.5 Å². The molecule has 0 radical (unpaired) electrons. The van der Waals surface area contributed by atoms with Gasteiger partial charge in [0, 0.05) is 6.26 Å². The minimum absolute atomic E-state index is 0.139. The normalized spacial score (nSPS) is 34.8. The van der Waals surface area contributed by atoms with Gasteiger partial charge in [-0.1, -0.05) is 0 Å². The van der Waals surface area contributed by atoms with Crippen molar-refractivity contribution < 1.29 is 18.3 Å². The third-order valence-corrected chi connectivity index (χ3v) is 4.16. The fraction of sp³-hybridized carbons (Fsp3) is 0.857. The molecule has 5 nitrogen and oxygen atoms in total. The molecular weight excluding hydrogens is 194 g/mol. The van der Waals surface area contributed by atoms with E-state index >= 15 is 0 Å². The van der Waals surface area contributed by atoms with Crippen LogP contribution in [-0.2, 0) is 14.6 Å². The molecule has 13 heavy (non-hydrogen) atoms. The van der Waals surface area contributed by atoms with Crippen molar-refractivity contribution in [1.82, 2.24) is 0 Å². The highest BCUT2D eigenvalue weighted by atomic mass is 32.2. The lowest BCUT2D eigenvalue weighted by atomic mass is 10.0. The van der Waals surface area contributed by atoms with Gasteiger partial charge in [0.25, 0.3) is 5.91 Å². The predicted molar refractivity (Wildman–Crippen MR) is 46.6 cm³/mol. The Balaban J connectivity index is 3.07. The number of hydrogen-bond acceptors (Lipinski definition) is 4. The van der Waals surface area contributed by atoms with Crippen LogP contribution in [0.4, 0.5) is 0 Å². The third kappa shape index (κ3) is 1.68. The molecule has 76 valence electrons. The molecule has 0 saturated heterocycles. The van der Waals surface area contributed by atoms with E-state index in [0.29, 0.717) is 12.8 Å². The summed E-state index contributed by atoms with van der Waals surface area (Å²) in [4.78, 5) is 10.9. The number of rotatable bonds is 2. The number of carbonyl (C=O) groups is 1. The Morgan fingerprint density at radius 3 is 2.46 bits per heavy atom. The molecule has 0 spiro atoms. The maximum absolute atomic E-state index is 11.2. The number of primary amides is 1. The molecule has 2 unspecified atom stereocenters. The van der Waals surface area contributed by atoms with E-state index in [0.717, 1.165) is 6.26 Å². The second-order valence-corrected chi connectivity index (χ2v) is 5.73. The van der Waals surface area contributed by atoms with E-state index < -0.39 is 26.6 Å². The van der Waals surface area contributed by atoms with Crippen molar-refractivity contribution in [2.24, 2.45) is 5.73 Å². The second kappa shape index (κ2) is 2.95. The van der Waals surface area contributed by atoms with Gasteiger partial charge < -0.3 is 10.8 Å². The summed E-state index contributed by atoms with van der Waals surface area (Å²) >= 11 is 0. The Labute approximate surface area is 76.8 Å². The summed E-state index contributed by atoms with van der Waals surface area (Å²) in [7, 11) is -3.41. The monoisotopic (exact) mass is 207 g/mol. The minimum atomic E-state index is -3.41. The lowest BCUT2D eigenvalue weighted by Gasteiger charge is -2.24. The molecule has 0 aromatic carbocycles. The summed E-state index contributed by atoms with van der Waals surface area (Å²) < 4.78 is 22.4. The van der Waals surface area contributed by atoms with Crippen LogP contribution in [0.5, 0.6) is 0 Å². The molecule has 3 N–H and O–H groups in total. The third-order valence-electron chi connectivity index (χ3n) is 2.50. The average Bonchev–Trinajstić information content (AvgIpc) is 2.31. The van der Waals surface area contributed by atoms with Crippen molar-refractivity contribution in [2.45, 2.75) is 30.1 Å². The molecule has 0 aliphatic heterocycles. The molecule has 1 aliphatic carbocycles. The van der Waals surface area contributed by atoms with E-state index in [1.165, 1.54) is 0 Å². The maximum Gasteiger partial charge on any atom is 0.250 e. The fourth-order valence-corrected chi connectivity index (χ4v) is 3.34. The van der Waals surface area contributed by atoms with Crippen LogP contribution in [0.25, 0.3) is 0 Å². The Morgan fingerprint density at radius 1 is 1.62 bits per heavy atom. The summed E-state index contributed by atoms with van der Waals surface area (Å²) in [6.45, 7) is 0. The molecule has 0 aromatic rings. The standard InChI is InChI=1S/C7H13NO4S/c1-13(11,12)5-3-2-4-7(5,10)6(8)9/h5,10H,2-4H2,1H3,(H2,8,9). The zero-order valence-corrected chi connectivity index (χ0v) is 8.17. The molecule has 1 aliphatic rings. The molecule has 1 saturated carbocycles. The van der Waals surface area contributed by atoms with Gasteiger partial charge in [-0.05, 0) is 19.3 Å². The highest BCUT2D eigenvalue weighted by Gasteiger charge is 2.51. The molecule has 0 bridgehead atoms. The van der Waals surface area contributed by atoms with Crippen molar-refractivity contribution in [3.05, 3.63) is 0 Å². The van der Waals surface area contributed by atoms with Gasteiger partial charge >= 0.3 is 0 Å². The molecule has 1 amide bonds. The van der Waals surface area contributed by atoms with Crippen LogP contribution in [0.3, 0.4) is 0 Å². The number of nitrogens with two attached hydrogens (primary N) is 1. The van der Waals surface area contributed by atoms with E-state index in [4.69, 9.17) is 5.73 Å². The van der Waals surface area contributed by atoms with Gasteiger partial charge in [-0.15, -0.1) is 0 Å². The summed E-state index contributed by atoms with van der Waals surface area (Å²) in [5.41, 5.74) is 3.11. The highest BCUT2D eigenvalue weighted by molar-refractivity contribution is 7.91. The van der Waals surface area contributed by atoms with Crippen molar-refractivity contribution in [3.63, 3.8) is 0 Å². The van der Waals surface area contributed by atoms with Gasteiger partial charge in [0.05, 0.1) is 5.25 Å². The first-order chi connectivity index (χ1) is 5.78. The van der Waals surface area contributed by atoms with Gasteiger partial charge in [-0.2, -0.15) is 0 Å². The highest BCUT2D eigenvalue weighted by Crippen LogP contribution is 2.34. The number of amides is 1. The largest absolute Gasteiger partial charge is 0.379 e. The molecule has 2 atom stereocenters. The molecule has 0 aromatic heterocycles. The number of aliphatic hydroxyl groups is 1. The van der Waals surface area contributed by atoms with E-state index in [9.17, 15) is 18.3 Å². The Hall–Kier alpha value is -0.620. The van der Waals surface area contributed by atoms with Crippen LogP contribution in [0.2, 0.25) is 0 Å². The first-order valence-electron chi connectivity index (χ1n) is 3.99. The molecule has 1 rings (SSSR count). The number of hydrogen-bond donors (Lipinski definition) is 2. The zero-order chi connectivity index (χ0) is 10.3. The van der Waals surface area contributed by atoms with E-state index in [1.807, 2.05) is 0 Å². The van der Waals surface area contributed by atoms with Crippen molar-refractivity contribution in [2.75, 3.05) is 6.26 Å². The molecule has 6 heteroatoms. The SMILES string of the molecule is CS(=O)(=O)C1CCCC1(O)C(N)=O. The first-order valence-corrected chi connectivity index (χ1v) is 5.95. The molecule has 0 heterocycles.